The molecule has 3 N–H and O–H groups in total. The monoisotopic (exact) mass is 370 g/mol. The van der Waals surface area contributed by atoms with Crippen LogP contribution in [0.3, 0.4) is 0 Å². The first kappa shape index (κ1) is 18.5. The minimum absolute atomic E-state index is 0.195. The second-order valence-corrected chi connectivity index (χ2v) is 9.41. The highest BCUT2D eigenvalue weighted by atomic mass is 15.3. The van der Waals surface area contributed by atoms with Crippen LogP contribution < -0.4 is 16.0 Å². The number of anilines is 3. The van der Waals surface area contributed by atoms with Crippen LogP contribution in [-0.2, 0) is 0 Å². The van der Waals surface area contributed by atoms with Crippen LogP contribution in [-0.4, -0.2) is 33.6 Å². The number of hydrogen-bond acceptors (Lipinski definition) is 6. The second-order valence-electron chi connectivity index (χ2n) is 9.41. The molecule has 6 nitrogen and oxygen atoms in total. The van der Waals surface area contributed by atoms with Gasteiger partial charge in [0.2, 0.25) is 17.8 Å². The van der Waals surface area contributed by atoms with Crippen molar-refractivity contribution >= 4 is 17.8 Å². The Balaban J connectivity index is 1.51. The molecule has 0 aliphatic heterocycles. The maximum atomic E-state index is 4.70. The lowest BCUT2D eigenvalue weighted by atomic mass is 9.53. The van der Waals surface area contributed by atoms with Crippen molar-refractivity contribution in [3.63, 3.8) is 0 Å². The third-order valence-electron chi connectivity index (χ3n) is 6.46. The quantitative estimate of drug-likeness (QED) is 0.563. The highest BCUT2D eigenvalue weighted by Crippen LogP contribution is 2.56. The van der Waals surface area contributed by atoms with E-state index < -0.39 is 0 Å². The van der Waals surface area contributed by atoms with Crippen LogP contribution in [0.1, 0.15) is 58.8 Å². The Bertz CT molecular complexity index is 635. The van der Waals surface area contributed by atoms with Crippen molar-refractivity contribution in [2.45, 2.75) is 64.3 Å². The van der Waals surface area contributed by atoms with Gasteiger partial charge in [-0.15, -0.1) is 6.58 Å². The summed E-state index contributed by atoms with van der Waals surface area (Å²) in [6.07, 6.45) is 11.0. The third-order valence-corrected chi connectivity index (χ3v) is 6.46. The molecule has 0 unspecified atom stereocenters. The first-order valence-electron chi connectivity index (χ1n) is 10.7. The summed E-state index contributed by atoms with van der Waals surface area (Å²) in [5.41, 5.74) is 0.195. The Morgan fingerprint density at radius 3 is 2.07 bits per heavy atom. The molecule has 0 atom stereocenters. The molecule has 4 aliphatic rings. The minimum atomic E-state index is 0.195. The fraction of sp³-hybridized carbons (Fsp3) is 0.762. The zero-order chi connectivity index (χ0) is 18.9. The first-order valence-corrected chi connectivity index (χ1v) is 10.7. The summed E-state index contributed by atoms with van der Waals surface area (Å²) in [5.74, 6) is 5.33. The van der Waals surface area contributed by atoms with Crippen LogP contribution in [0.2, 0.25) is 0 Å². The van der Waals surface area contributed by atoms with Gasteiger partial charge in [-0.2, -0.15) is 15.0 Å². The van der Waals surface area contributed by atoms with Crippen LogP contribution in [0.15, 0.2) is 12.7 Å². The average molecular weight is 371 g/mol. The predicted octanol–water partition coefficient (Wildman–Crippen LogP) is 4.31. The maximum absolute atomic E-state index is 4.70. The Hall–Kier alpha value is -1.85. The van der Waals surface area contributed by atoms with Crippen molar-refractivity contribution in [1.29, 1.82) is 0 Å². The van der Waals surface area contributed by atoms with Crippen LogP contribution in [0, 0.1) is 23.7 Å². The van der Waals surface area contributed by atoms with E-state index in [1.54, 1.807) is 0 Å². The highest BCUT2D eigenvalue weighted by molar-refractivity contribution is 5.44. The van der Waals surface area contributed by atoms with Gasteiger partial charge in [0.1, 0.15) is 0 Å². The maximum Gasteiger partial charge on any atom is 0.229 e. The van der Waals surface area contributed by atoms with E-state index in [2.05, 4.69) is 46.3 Å². The number of aromatic nitrogens is 3. The molecule has 0 spiro atoms. The highest BCUT2D eigenvalue weighted by Gasteiger charge is 2.51. The van der Waals surface area contributed by atoms with Crippen LogP contribution in [0.4, 0.5) is 17.8 Å². The summed E-state index contributed by atoms with van der Waals surface area (Å²) in [7, 11) is 0. The Morgan fingerprint density at radius 1 is 0.963 bits per heavy atom. The van der Waals surface area contributed by atoms with Crippen LogP contribution in [0.5, 0.6) is 0 Å². The molecule has 4 saturated carbocycles. The van der Waals surface area contributed by atoms with Crippen molar-refractivity contribution in [2.75, 3.05) is 29.0 Å². The molecule has 0 radical (unpaired) electrons. The summed E-state index contributed by atoms with van der Waals surface area (Å²) in [4.78, 5) is 13.9. The van der Waals surface area contributed by atoms with Crippen molar-refractivity contribution in [2.24, 2.45) is 23.7 Å². The standard InChI is InChI=1S/C21H34N6/c1-4-6-22-18-24-19(23-7-5-14(2)3)26-20(25-18)27-21-11-15-8-16(12-21)10-17(9-15)13-21/h4,14-17H,1,5-13H2,2-3H3,(H3,22,23,24,25,26,27). The van der Waals surface area contributed by atoms with Crippen molar-refractivity contribution in [3.05, 3.63) is 12.7 Å². The van der Waals surface area contributed by atoms with E-state index in [-0.39, 0.29) is 5.54 Å². The van der Waals surface area contributed by atoms with E-state index in [1.165, 1.54) is 38.5 Å². The van der Waals surface area contributed by atoms with Crippen molar-refractivity contribution < 1.29 is 0 Å². The molecule has 4 aliphatic carbocycles. The van der Waals surface area contributed by atoms with E-state index in [9.17, 15) is 0 Å². The lowest BCUT2D eigenvalue weighted by Crippen LogP contribution is -2.55. The van der Waals surface area contributed by atoms with Crippen LogP contribution >= 0.6 is 0 Å². The first-order chi connectivity index (χ1) is 13.0. The van der Waals surface area contributed by atoms with Gasteiger partial charge in [-0.1, -0.05) is 19.9 Å². The largest absolute Gasteiger partial charge is 0.354 e. The summed E-state index contributed by atoms with van der Waals surface area (Å²) in [6, 6.07) is 0. The van der Waals surface area contributed by atoms with Gasteiger partial charge < -0.3 is 16.0 Å². The number of nitrogens with one attached hydrogen (secondary N) is 3. The average Bonchev–Trinajstić information content (AvgIpc) is 2.58. The Labute approximate surface area is 163 Å². The molecular weight excluding hydrogens is 336 g/mol. The normalized spacial score (nSPS) is 31.1. The molecule has 6 heteroatoms. The molecule has 0 aromatic carbocycles. The molecule has 1 heterocycles. The van der Waals surface area contributed by atoms with E-state index in [4.69, 9.17) is 4.98 Å². The lowest BCUT2D eigenvalue weighted by Gasteiger charge is -2.56. The van der Waals surface area contributed by atoms with E-state index in [0.29, 0.717) is 30.3 Å². The number of nitrogens with zero attached hydrogens (tertiary/aromatic N) is 3. The number of hydrogen-bond donors (Lipinski definition) is 3. The predicted molar refractivity (Wildman–Crippen MR) is 111 cm³/mol. The topological polar surface area (TPSA) is 74.8 Å². The van der Waals surface area contributed by atoms with Gasteiger partial charge in [-0.3, -0.25) is 0 Å². The Morgan fingerprint density at radius 2 is 1.52 bits per heavy atom. The number of rotatable bonds is 9. The zero-order valence-electron chi connectivity index (χ0n) is 16.8. The van der Waals surface area contributed by atoms with Gasteiger partial charge in [-0.25, -0.2) is 0 Å². The molecule has 0 saturated heterocycles. The van der Waals surface area contributed by atoms with Crippen molar-refractivity contribution in [1.82, 2.24) is 15.0 Å². The molecule has 4 bridgehead atoms. The van der Waals surface area contributed by atoms with Crippen LogP contribution in [0.25, 0.3) is 0 Å². The van der Waals surface area contributed by atoms with Crippen molar-refractivity contribution in [3.8, 4) is 0 Å². The van der Waals surface area contributed by atoms with Gasteiger partial charge in [0.15, 0.2) is 0 Å². The third kappa shape index (κ3) is 4.36. The lowest BCUT2D eigenvalue weighted by molar-refractivity contribution is 0.0103. The molecule has 1 aromatic heterocycles. The minimum Gasteiger partial charge on any atom is -0.354 e. The second kappa shape index (κ2) is 7.64. The smallest absolute Gasteiger partial charge is 0.229 e. The molecule has 148 valence electrons. The van der Waals surface area contributed by atoms with Gasteiger partial charge in [0.05, 0.1) is 0 Å². The SMILES string of the molecule is C=CCNc1nc(NCCC(C)C)nc(NC23CC4CC(CC(C4)C2)C3)n1. The van der Waals surface area contributed by atoms with Gasteiger partial charge in [0, 0.05) is 18.6 Å². The molecule has 0 amide bonds. The van der Waals surface area contributed by atoms with E-state index in [0.717, 1.165) is 30.7 Å². The van der Waals surface area contributed by atoms with E-state index in [1.807, 2.05) is 6.08 Å². The summed E-state index contributed by atoms with van der Waals surface area (Å²) >= 11 is 0. The van der Waals surface area contributed by atoms with E-state index >= 15 is 0 Å². The summed E-state index contributed by atoms with van der Waals surface area (Å²) < 4.78 is 0. The molecule has 1 aromatic rings. The van der Waals surface area contributed by atoms with Gasteiger partial charge in [-0.05, 0) is 68.6 Å². The fourth-order valence-corrected chi connectivity index (χ4v) is 5.73. The fourth-order valence-electron chi connectivity index (χ4n) is 5.73. The molecule has 5 rings (SSSR count). The summed E-state index contributed by atoms with van der Waals surface area (Å²) in [6.45, 7) is 9.75. The molecule has 27 heavy (non-hydrogen) atoms. The molecule has 4 fully saturated rings. The van der Waals surface area contributed by atoms with Gasteiger partial charge in [0.25, 0.3) is 0 Å². The Kier molecular flexibility index (Phi) is 5.24. The summed E-state index contributed by atoms with van der Waals surface area (Å²) in [5, 5.41) is 10.4. The molecular formula is C21H34N6. The zero-order valence-corrected chi connectivity index (χ0v) is 16.8. The van der Waals surface area contributed by atoms with Gasteiger partial charge >= 0.3 is 0 Å².